The summed E-state index contributed by atoms with van der Waals surface area (Å²) in [5.74, 6) is 1.27. The summed E-state index contributed by atoms with van der Waals surface area (Å²) in [7, 11) is 0. The second-order valence-electron chi connectivity index (χ2n) is 7.27. The Morgan fingerprint density at radius 3 is 2.52 bits per heavy atom. The quantitative estimate of drug-likeness (QED) is 0.509. The van der Waals surface area contributed by atoms with Gasteiger partial charge in [0, 0.05) is 23.5 Å². The summed E-state index contributed by atoms with van der Waals surface area (Å²) in [5, 5.41) is 25.0. The van der Waals surface area contributed by atoms with Crippen LogP contribution in [0.25, 0.3) is 27.3 Å². The van der Waals surface area contributed by atoms with Crippen LogP contribution in [-0.2, 0) is 12.8 Å². The zero-order chi connectivity index (χ0) is 19.8. The lowest BCUT2D eigenvalue weighted by Crippen LogP contribution is -2.32. The van der Waals surface area contributed by atoms with Gasteiger partial charge in [0.25, 0.3) is 0 Å². The Kier molecular flexibility index (Phi) is 4.91. The molecule has 8 heteroatoms. The van der Waals surface area contributed by atoms with Crippen molar-refractivity contribution in [2.75, 3.05) is 31.2 Å². The predicted octanol–water partition coefficient (Wildman–Crippen LogP) is 2.68. The Balaban J connectivity index is 1.80. The first-order valence-electron chi connectivity index (χ1n) is 10.0. The van der Waals surface area contributed by atoms with Gasteiger partial charge in [-0.1, -0.05) is 30.3 Å². The van der Waals surface area contributed by atoms with E-state index in [1.54, 1.807) is 15.9 Å². The number of hydrogen-bond donors (Lipinski definition) is 2. The van der Waals surface area contributed by atoms with E-state index in [0.29, 0.717) is 24.9 Å². The van der Waals surface area contributed by atoms with Crippen LogP contribution in [0.4, 0.5) is 5.95 Å². The van der Waals surface area contributed by atoms with Crippen LogP contribution in [0, 0.1) is 0 Å². The van der Waals surface area contributed by atoms with Gasteiger partial charge >= 0.3 is 0 Å². The van der Waals surface area contributed by atoms with E-state index in [4.69, 9.17) is 15.1 Å². The highest BCUT2D eigenvalue weighted by atomic mass is 32.1. The number of aryl methyl sites for hydroxylation is 2. The van der Waals surface area contributed by atoms with Crippen LogP contribution in [0.3, 0.4) is 0 Å². The van der Waals surface area contributed by atoms with Crippen molar-refractivity contribution < 1.29 is 10.2 Å². The van der Waals surface area contributed by atoms with Crippen LogP contribution in [0.2, 0.25) is 0 Å². The van der Waals surface area contributed by atoms with Crippen LogP contribution >= 0.6 is 11.3 Å². The molecule has 0 aliphatic heterocycles. The molecule has 7 nitrogen and oxygen atoms in total. The van der Waals surface area contributed by atoms with E-state index in [-0.39, 0.29) is 13.2 Å². The van der Waals surface area contributed by atoms with Crippen LogP contribution in [-0.4, -0.2) is 56.1 Å². The average Bonchev–Trinajstić information content (AvgIpc) is 3.35. The molecule has 0 radical (unpaired) electrons. The Bertz CT molecular complexity index is 1150. The summed E-state index contributed by atoms with van der Waals surface area (Å²) >= 11 is 1.74. The molecule has 4 aromatic rings. The molecule has 0 atom stereocenters. The van der Waals surface area contributed by atoms with E-state index >= 15 is 0 Å². The van der Waals surface area contributed by atoms with Gasteiger partial charge in [-0.15, -0.1) is 16.4 Å². The van der Waals surface area contributed by atoms with Gasteiger partial charge in [0.15, 0.2) is 11.5 Å². The van der Waals surface area contributed by atoms with E-state index in [2.05, 4.69) is 0 Å². The van der Waals surface area contributed by atoms with Crippen molar-refractivity contribution in [2.24, 2.45) is 0 Å². The Labute approximate surface area is 172 Å². The third kappa shape index (κ3) is 3.17. The number of hydrogen-bond acceptors (Lipinski definition) is 7. The van der Waals surface area contributed by atoms with Crippen LogP contribution in [0.1, 0.15) is 23.3 Å². The van der Waals surface area contributed by atoms with E-state index in [1.165, 1.54) is 23.3 Å². The molecule has 0 unspecified atom stereocenters. The normalized spacial score (nSPS) is 13.9. The highest BCUT2D eigenvalue weighted by Gasteiger charge is 2.24. The molecule has 5 rings (SSSR count). The summed E-state index contributed by atoms with van der Waals surface area (Å²) in [4.78, 5) is 14.1. The molecular weight excluding hydrogens is 386 g/mol. The smallest absolute Gasteiger partial charge is 0.230 e. The van der Waals surface area contributed by atoms with Crippen molar-refractivity contribution in [3.63, 3.8) is 0 Å². The number of aromatic nitrogens is 4. The maximum atomic E-state index is 9.53. The molecule has 1 aliphatic carbocycles. The van der Waals surface area contributed by atoms with Crippen molar-refractivity contribution in [1.82, 2.24) is 19.6 Å². The number of benzene rings is 1. The molecule has 3 aromatic heterocycles. The average molecular weight is 410 g/mol. The second-order valence-corrected chi connectivity index (χ2v) is 8.36. The molecule has 0 saturated carbocycles. The zero-order valence-electron chi connectivity index (χ0n) is 16.1. The minimum absolute atomic E-state index is 0.0254. The van der Waals surface area contributed by atoms with Crippen LogP contribution in [0.15, 0.2) is 30.3 Å². The van der Waals surface area contributed by atoms with E-state index in [0.717, 1.165) is 34.3 Å². The zero-order valence-corrected chi connectivity index (χ0v) is 16.9. The number of fused-ring (bicyclic) bond motifs is 5. The lowest BCUT2D eigenvalue weighted by atomic mass is 9.97. The lowest BCUT2D eigenvalue weighted by Gasteiger charge is -2.22. The summed E-state index contributed by atoms with van der Waals surface area (Å²) < 4.78 is 1.79. The maximum Gasteiger partial charge on any atom is 0.230 e. The topological polar surface area (TPSA) is 86.8 Å². The van der Waals surface area contributed by atoms with Gasteiger partial charge in [-0.2, -0.15) is 4.52 Å². The monoisotopic (exact) mass is 409 g/mol. The first-order valence-corrected chi connectivity index (χ1v) is 10.8. The fraction of sp³-hybridized carbons (Fsp3) is 0.381. The minimum atomic E-state index is -0.0254. The van der Waals surface area contributed by atoms with Gasteiger partial charge in [0.1, 0.15) is 4.83 Å². The number of thiophene rings is 1. The first kappa shape index (κ1) is 18.5. The van der Waals surface area contributed by atoms with Gasteiger partial charge in [-0.3, -0.25) is 0 Å². The van der Waals surface area contributed by atoms with Crippen LogP contribution in [0.5, 0.6) is 0 Å². The third-order valence-electron chi connectivity index (χ3n) is 5.43. The van der Waals surface area contributed by atoms with Gasteiger partial charge in [0.2, 0.25) is 5.95 Å². The minimum Gasteiger partial charge on any atom is -0.395 e. The Morgan fingerprint density at radius 1 is 1.00 bits per heavy atom. The molecule has 29 heavy (non-hydrogen) atoms. The predicted molar refractivity (Wildman–Crippen MR) is 115 cm³/mol. The molecule has 0 fully saturated rings. The number of aliphatic hydroxyl groups is 2. The molecule has 0 saturated heterocycles. The molecule has 1 aliphatic rings. The summed E-state index contributed by atoms with van der Waals surface area (Å²) in [5.41, 5.74) is 3.13. The number of aliphatic hydroxyl groups excluding tert-OH is 2. The van der Waals surface area contributed by atoms with Crippen molar-refractivity contribution in [1.29, 1.82) is 0 Å². The highest BCUT2D eigenvalue weighted by Crippen LogP contribution is 2.39. The summed E-state index contributed by atoms with van der Waals surface area (Å²) in [6, 6.07) is 9.94. The first-order chi connectivity index (χ1) is 14.3. The third-order valence-corrected chi connectivity index (χ3v) is 6.61. The molecule has 0 spiro atoms. The maximum absolute atomic E-state index is 9.53. The van der Waals surface area contributed by atoms with Gasteiger partial charge in [0.05, 0.1) is 18.6 Å². The fourth-order valence-electron chi connectivity index (χ4n) is 4.08. The van der Waals surface area contributed by atoms with E-state index < -0.39 is 0 Å². The van der Waals surface area contributed by atoms with Crippen molar-refractivity contribution in [3.8, 4) is 11.4 Å². The molecule has 0 bridgehead atoms. The molecule has 1 aromatic carbocycles. The standard InChI is InChI=1S/C21H23N5O2S/c27-12-10-25(11-13-28)21-23-20-17(15-8-4-5-9-16(15)29-20)19-22-18(24-26(19)21)14-6-2-1-3-7-14/h1-3,6-7,27-28H,4-5,8-13H2. The molecule has 150 valence electrons. The van der Waals surface area contributed by atoms with Crippen LogP contribution < -0.4 is 4.90 Å². The second kappa shape index (κ2) is 7.70. The van der Waals surface area contributed by atoms with E-state index in [1.807, 2.05) is 35.2 Å². The lowest BCUT2D eigenvalue weighted by molar-refractivity contribution is 0.280. The Morgan fingerprint density at radius 2 is 1.76 bits per heavy atom. The van der Waals surface area contributed by atoms with Gasteiger partial charge < -0.3 is 15.1 Å². The van der Waals surface area contributed by atoms with E-state index in [9.17, 15) is 10.2 Å². The van der Waals surface area contributed by atoms with Gasteiger partial charge in [-0.05, 0) is 31.2 Å². The fourth-order valence-corrected chi connectivity index (χ4v) is 5.33. The summed E-state index contributed by atoms with van der Waals surface area (Å²) in [6.07, 6.45) is 4.55. The molecular formula is C21H23N5O2S. The largest absolute Gasteiger partial charge is 0.395 e. The molecule has 2 N–H and O–H groups in total. The van der Waals surface area contributed by atoms with Gasteiger partial charge in [-0.25, -0.2) is 9.97 Å². The van der Waals surface area contributed by atoms with Crippen molar-refractivity contribution >= 4 is 33.1 Å². The number of anilines is 1. The van der Waals surface area contributed by atoms with Crippen molar-refractivity contribution in [2.45, 2.75) is 25.7 Å². The summed E-state index contributed by atoms with van der Waals surface area (Å²) in [6.45, 7) is 0.699. The number of nitrogens with zero attached hydrogens (tertiary/aromatic N) is 5. The highest BCUT2D eigenvalue weighted by molar-refractivity contribution is 7.19. The van der Waals surface area contributed by atoms with Crippen molar-refractivity contribution in [3.05, 3.63) is 40.8 Å². The molecule has 0 amide bonds. The SMILES string of the molecule is OCCN(CCO)c1nc2sc3c(c2c2nc(-c4ccccc4)nn12)CCCC3. The Hall–Kier alpha value is -2.55. The number of rotatable bonds is 6. The molecule has 3 heterocycles.